The summed E-state index contributed by atoms with van der Waals surface area (Å²) in [7, 11) is 0. The van der Waals surface area contributed by atoms with E-state index in [1.54, 1.807) is 13.0 Å². The molecular weight excluding hydrogens is 571 g/mol. The van der Waals surface area contributed by atoms with Gasteiger partial charge in [-0.15, -0.1) is 0 Å². The number of hydrogen-bond acceptors (Lipinski definition) is 9. The van der Waals surface area contributed by atoms with E-state index < -0.39 is 23.6 Å². The number of anilines is 2. The number of hydrogen-bond donors (Lipinski definition) is 2. The summed E-state index contributed by atoms with van der Waals surface area (Å²) >= 11 is 1.25. The maximum atomic E-state index is 13.6. The molecule has 42 heavy (non-hydrogen) atoms. The molecule has 1 unspecified atom stereocenters. The van der Waals surface area contributed by atoms with Crippen molar-refractivity contribution >= 4 is 34.2 Å². The number of piperazine rings is 1. The van der Waals surface area contributed by atoms with Crippen LogP contribution in [0.15, 0.2) is 30.6 Å². The van der Waals surface area contributed by atoms with E-state index >= 15 is 0 Å². The largest absolute Gasteiger partial charge is 0.480 e. The molecule has 1 atom stereocenters. The van der Waals surface area contributed by atoms with Gasteiger partial charge in [-0.1, -0.05) is 11.3 Å². The molecule has 0 radical (unpaired) electrons. The zero-order valence-electron chi connectivity index (χ0n) is 23.3. The van der Waals surface area contributed by atoms with Crippen molar-refractivity contribution in [1.29, 1.82) is 0 Å². The molecule has 3 aromatic rings. The van der Waals surface area contributed by atoms with Crippen LogP contribution in [0.2, 0.25) is 0 Å². The zero-order valence-corrected chi connectivity index (χ0v) is 24.1. The van der Waals surface area contributed by atoms with Crippen LogP contribution in [0.1, 0.15) is 46.3 Å². The first-order valence-electron chi connectivity index (χ1n) is 13.7. The smallest absolute Gasteiger partial charge is 0.416 e. The molecule has 0 bridgehead atoms. The number of thiazole rings is 1. The number of likely N-dealkylation sites (tertiary alicyclic amines) is 1. The fourth-order valence-corrected chi connectivity index (χ4v) is 6.33. The van der Waals surface area contributed by atoms with Gasteiger partial charge in [-0.2, -0.15) is 13.2 Å². The van der Waals surface area contributed by atoms with Gasteiger partial charge < -0.3 is 10.0 Å². The number of nitrogens with zero attached hydrogens (tertiary/aromatic N) is 6. The van der Waals surface area contributed by atoms with Crippen molar-refractivity contribution in [2.45, 2.75) is 45.5 Å². The molecule has 0 saturated carbocycles. The molecule has 2 fully saturated rings. The average molecular weight is 604 g/mol. The van der Waals surface area contributed by atoms with E-state index in [0.717, 1.165) is 36.4 Å². The van der Waals surface area contributed by atoms with Crippen molar-refractivity contribution in [2.24, 2.45) is 0 Å². The van der Waals surface area contributed by atoms with E-state index in [4.69, 9.17) is 5.11 Å². The van der Waals surface area contributed by atoms with Gasteiger partial charge in [0.05, 0.1) is 30.2 Å². The molecule has 224 valence electrons. The summed E-state index contributed by atoms with van der Waals surface area (Å²) in [5, 5.41) is 12.0. The molecule has 1 amide bonds. The van der Waals surface area contributed by atoms with Crippen LogP contribution in [0.5, 0.6) is 0 Å². The molecule has 10 nitrogen and oxygen atoms in total. The lowest BCUT2D eigenvalue weighted by Crippen LogP contribution is -2.48. The Kier molecular flexibility index (Phi) is 8.76. The fraction of sp³-hybridized carbons (Fsp3) is 0.464. The van der Waals surface area contributed by atoms with Gasteiger partial charge in [0.2, 0.25) is 0 Å². The highest BCUT2D eigenvalue weighted by atomic mass is 32.1. The van der Waals surface area contributed by atoms with E-state index in [-0.39, 0.29) is 17.4 Å². The van der Waals surface area contributed by atoms with Crippen molar-refractivity contribution in [3.63, 3.8) is 0 Å². The maximum Gasteiger partial charge on any atom is 0.416 e. The summed E-state index contributed by atoms with van der Waals surface area (Å²) in [4.78, 5) is 44.1. The van der Waals surface area contributed by atoms with Crippen molar-refractivity contribution in [1.82, 2.24) is 24.8 Å². The van der Waals surface area contributed by atoms with Gasteiger partial charge in [0, 0.05) is 49.2 Å². The summed E-state index contributed by atoms with van der Waals surface area (Å²) in [6.45, 7) is 7.47. The minimum Gasteiger partial charge on any atom is -0.480 e. The summed E-state index contributed by atoms with van der Waals surface area (Å²) < 4.78 is 40.8. The Morgan fingerprint density at radius 2 is 1.86 bits per heavy atom. The molecule has 1 aromatic carbocycles. The van der Waals surface area contributed by atoms with Crippen molar-refractivity contribution < 1.29 is 27.9 Å². The number of aryl methyl sites for hydroxylation is 1. The summed E-state index contributed by atoms with van der Waals surface area (Å²) in [5.41, 5.74) is 0.582. The summed E-state index contributed by atoms with van der Waals surface area (Å²) in [6, 6.07) is 4.24. The van der Waals surface area contributed by atoms with E-state index in [9.17, 15) is 22.8 Å². The molecule has 0 spiro atoms. The van der Waals surface area contributed by atoms with Crippen LogP contribution in [0.4, 0.5) is 24.1 Å². The number of carboxylic acid groups (broad SMARTS) is 1. The minimum atomic E-state index is -4.49. The van der Waals surface area contributed by atoms with Gasteiger partial charge in [-0.05, 0) is 57.0 Å². The molecule has 2 aromatic heterocycles. The van der Waals surface area contributed by atoms with Crippen LogP contribution in [-0.4, -0.2) is 87.0 Å². The van der Waals surface area contributed by atoms with Crippen LogP contribution < -0.4 is 10.2 Å². The third kappa shape index (κ3) is 7.05. The first-order chi connectivity index (χ1) is 20.0. The number of carboxylic acids is 1. The third-order valence-corrected chi connectivity index (χ3v) is 8.51. The van der Waals surface area contributed by atoms with Crippen LogP contribution >= 0.6 is 11.3 Å². The van der Waals surface area contributed by atoms with Crippen LogP contribution in [0, 0.1) is 6.92 Å². The van der Waals surface area contributed by atoms with E-state index in [2.05, 4.69) is 32.1 Å². The molecular formula is C28H32F3N7O3S. The number of aliphatic carboxylic acids is 1. The Balaban J connectivity index is 1.34. The first-order valence-corrected chi connectivity index (χ1v) is 14.5. The number of rotatable bonds is 8. The molecule has 4 heterocycles. The third-order valence-electron chi connectivity index (χ3n) is 7.56. The minimum absolute atomic E-state index is 0.0107. The second-order valence-corrected chi connectivity index (χ2v) is 11.8. The van der Waals surface area contributed by atoms with Crippen molar-refractivity contribution in [2.75, 3.05) is 49.5 Å². The van der Waals surface area contributed by atoms with Gasteiger partial charge in [0.25, 0.3) is 5.91 Å². The molecule has 2 aliphatic rings. The molecule has 5 rings (SSSR count). The van der Waals surface area contributed by atoms with E-state index in [1.165, 1.54) is 23.7 Å². The van der Waals surface area contributed by atoms with Crippen LogP contribution in [0.3, 0.4) is 0 Å². The Morgan fingerprint density at radius 3 is 2.48 bits per heavy atom. The zero-order chi connectivity index (χ0) is 30.0. The quantitative estimate of drug-likeness (QED) is 0.387. The second kappa shape index (κ2) is 12.3. The highest BCUT2D eigenvalue weighted by Crippen LogP contribution is 2.38. The number of halogens is 3. The second-order valence-electron chi connectivity index (χ2n) is 10.7. The number of aromatic nitrogens is 3. The van der Waals surface area contributed by atoms with Gasteiger partial charge in [0.1, 0.15) is 11.5 Å². The molecule has 2 aliphatic heterocycles. The lowest BCUT2D eigenvalue weighted by molar-refractivity contribution is -0.139. The Hall–Kier alpha value is -3.62. The number of carbonyl (C=O) groups is 2. The van der Waals surface area contributed by atoms with Crippen molar-refractivity contribution in [3.8, 4) is 11.3 Å². The SMILES string of the molecule is Cc1cc(-c2nc(NC(=O)c3cnc(N4CCN(CC(=O)O)CC4)cn3)sc2CN2CCCC2C)cc(C(F)(F)F)c1. The van der Waals surface area contributed by atoms with Gasteiger partial charge in [-0.3, -0.25) is 24.7 Å². The molecule has 0 aliphatic carbocycles. The van der Waals surface area contributed by atoms with E-state index in [0.29, 0.717) is 61.4 Å². The van der Waals surface area contributed by atoms with Crippen LogP contribution in [0.25, 0.3) is 11.3 Å². The monoisotopic (exact) mass is 603 g/mol. The maximum absolute atomic E-state index is 13.6. The fourth-order valence-electron chi connectivity index (χ4n) is 5.32. The molecule has 14 heteroatoms. The Morgan fingerprint density at radius 1 is 1.10 bits per heavy atom. The number of benzene rings is 1. The Bertz CT molecular complexity index is 1440. The Labute approximate surface area is 245 Å². The highest BCUT2D eigenvalue weighted by molar-refractivity contribution is 7.16. The standard InChI is InChI=1S/C28H32F3N7O3S/c1-17-10-19(12-20(11-17)28(29,30)31)25-22(15-38-5-3-4-18(38)2)42-27(34-25)35-26(41)21-13-33-23(14-32-21)37-8-6-36(7-9-37)16-24(39)40/h10-14,18H,3-9,15-16H2,1-2H3,(H,39,40)(H,34,35,41). The van der Waals surface area contributed by atoms with Gasteiger partial charge in [-0.25, -0.2) is 15.0 Å². The topological polar surface area (TPSA) is 115 Å². The summed E-state index contributed by atoms with van der Waals surface area (Å²) in [6.07, 6.45) is 0.474. The molecule has 2 saturated heterocycles. The highest BCUT2D eigenvalue weighted by Gasteiger charge is 2.32. The summed E-state index contributed by atoms with van der Waals surface area (Å²) in [5.74, 6) is -0.810. The number of nitrogens with one attached hydrogen (secondary N) is 1. The average Bonchev–Trinajstić information content (AvgIpc) is 3.53. The van der Waals surface area contributed by atoms with Crippen molar-refractivity contribution in [3.05, 3.63) is 52.3 Å². The normalized spacial score (nSPS) is 18.4. The first kappa shape index (κ1) is 29.9. The molecule has 2 N–H and O–H groups in total. The predicted molar refractivity (Wildman–Crippen MR) is 153 cm³/mol. The lowest BCUT2D eigenvalue weighted by atomic mass is 10.0. The predicted octanol–water partition coefficient (Wildman–Crippen LogP) is 4.37. The van der Waals surface area contributed by atoms with Gasteiger partial charge >= 0.3 is 12.1 Å². The lowest BCUT2D eigenvalue weighted by Gasteiger charge is -2.34. The van der Waals surface area contributed by atoms with Crippen LogP contribution in [-0.2, 0) is 17.5 Å². The number of alkyl halides is 3. The number of carbonyl (C=O) groups excluding carboxylic acids is 1. The van der Waals surface area contributed by atoms with E-state index in [1.807, 2.05) is 9.80 Å². The number of amides is 1. The van der Waals surface area contributed by atoms with Gasteiger partial charge in [0.15, 0.2) is 5.13 Å².